The summed E-state index contributed by atoms with van der Waals surface area (Å²) in [4.78, 5) is 30.5. The predicted molar refractivity (Wildman–Crippen MR) is 144 cm³/mol. The molecular weight excluding hydrogens is 464 g/mol. The van der Waals surface area contributed by atoms with Crippen LogP contribution in [0.5, 0.6) is 0 Å². The van der Waals surface area contributed by atoms with Gasteiger partial charge in [0.25, 0.3) is 0 Å². The molecular formula is C29H28N6O2. The number of hydrogen-bond acceptors (Lipinski definition) is 5. The molecule has 5 rings (SSSR count). The molecule has 0 spiro atoms. The fourth-order valence-corrected chi connectivity index (χ4v) is 4.23. The maximum absolute atomic E-state index is 12.6. The van der Waals surface area contributed by atoms with Crippen LogP contribution in [0.25, 0.3) is 17.3 Å². The topological polar surface area (TPSA) is 92.2 Å². The number of nitrogens with zero attached hydrogens (tertiary/aromatic N) is 4. The van der Waals surface area contributed by atoms with Gasteiger partial charge in [-0.2, -0.15) is 5.10 Å². The summed E-state index contributed by atoms with van der Waals surface area (Å²) in [5.74, 6) is -0.156. The zero-order valence-electron chi connectivity index (χ0n) is 20.4. The van der Waals surface area contributed by atoms with E-state index in [0.717, 1.165) is 40.2 Å². The van der Waals surface area contributed by atoms with Gasteiger partial charge in [0, 0.05) is 61.1 Å². The second kappa shape index (κ2) is 11.3. The standard InChI is InChI=1S/C29H28N6O2/c36-27(32-17-22-8-11-26(12-9-22)34-16-15-31-28(37)21-34)13-10-25-20-35(19-23-5-2-1-3-6-23)33-29(25)24-7-4-14-30-18-24/h1-14,18,20H,15-17,19,21H2,(H,31,37)(H,32,36)/b13-10+. The van der Waals surface area contributed by atoms with Crippen LogP contribution in [0.15, 0.2) is 91.4 Å². The number of benzene rings is 2. The van der Waals surface area contributed by atoms with Crippen molar-refractivity contribution < 1.29 is 9.59 Å². The quantitative estimate of drug-likeness (QED) is 0.369. The molecule has 2 N–H and O–H groups in total. The normalized spacial score (nSPS) is 13.5. The van der Waals surface area contributed by atoms with Gasteiger partial charge in [-0.05, 0) is 41.5 Å². The number of anilines is 1. The molecule has 3 heterocycles. The van der Waals surface area contributed by atoms with E-state index < -0.39 is 0 Å². The number of aromatic nitrogens is 3. The van der Waals surface area contributed by atoms with Crippen molar-refractivity contribution in [3.63, 3.8) is 0 Å². The first-order valence-electron chi connectivity index (χ1n) is 12.2. The molecule has 0 atom stereocenters. The van der Waals surface area contributed by atoms with Crippen molar-refractivity contribution in [2.45, 2.75) is 13.1 Å². The number of hydrogen-bond donors (Lipinski definition) is 2. The van der Waals surface area contributed by atoms with Crippen LogP contribution in [0, 0.1) is 0 Å². The highest BCUT2D eigenvalue weighted by Gasteiger charge is 2.16. The van der Waals surface area contributed by atoms with E-state index in [4.69, 9.17) is 5.10 Å². The third-order valence-electron chi connectivity index (χ3n) is 6.13. The molecule has 0 saturated carbocycles. The van der Waals surface area contributed by atoms with E-state index in [9.17, 15) is 9.59 Å². The Labute approximate surface area is 215 Å². The van der Waals surface area contributed by atoms with Gasteiger partial charge < -0.3 is 15.5 Å². The Morgan fingerprint density at radius 1 is 1.03 bits per heavy atom. The van der Waals surface area contributed by atoms with Gasteiger partial charge >= 0.3 is 0 Å². The summed E-state index contributed by atoms with van der Waals surface area (Å²) >= 11 is 0. The minimum absolute atomic E-state index is 0.0340. The summed E-state index contributed by atoms with van der Waals surface area (Å²) in [5, 5.41) is 10.5. The van der Waals surface area contributed by atoms with E-state index in [-0.39, 0.29) is 11.8 Å². The maximum Gasteiger partial charge on any atom is 0.244 e. The Balaban J connectivity index is 1.24. The fourth-order valence-electron chi connectivity index (χ4n) is 4.23. The van der Waals surface area contributed by atoms with Crippen molar-refractivity contribution in [3.05, 3.63) is 108 Å². The third-order valence-corrected chi connectivity index (χ3v) is 6.13. The number of rotatable bonds is 8. The Bertz CT molecular complexity index is 1380. The van der Waals surface area contributed by atoms with E-state index in [1.807, 2.05) is 70.4 Å². The van der Waals surface area contributed by atoms with Gasteiger partial charge in [0.05, 0.1) is 13.1 Å². The van der Waals surface area contributed by atoms with Crippen molar-refractivity contribution >= 4 is 23.6 Å². The lowest BCUT2D eigenvalue weighted by Gasteiger charge is -2.28. The monoisotopic (exact) mass is 492 g/mol. The van der Waals surface area contributed by atoms with Crippen LogP contribution in [0.1, 0.15) is 16.7 Å². The average molecular weight is 493 g/mol. The summed E-state index contributed by atoms with van der Waals surface area (Å²) in [7, 11) is 0. The Kier molecular flexibility index (Phi) is 7.36. The minimum Gasteiger partial charge on any atom is -0.360 e. The van der Waals surface area contributed by atoms with E-state index in [2.05, 4.69) is 27.8 Å². The summed E-state index contributed by atoms with van der Waals surface area (Å²) in [6.45, 7) is 2.84. The van der Waals surface area contributed by atoms with Crippen LogP contribution >= 0.6 is 0 Å². The molecule has 1 fully saturated rings. The van der Waals surface area contributed by atoms with Crippen molar-refractivity contribution in [1.29, 1.82) is 0 Å². The van der Waals surface area contributed by atoms with Gasteiger partial charge in [0.15, 0.2) is 0 Å². The molecule has 1 aliphatic rings. The molecule has 1 saturated heterocycles. The molecule has 2 aromatic heterocycles. The average Bonchev–Trinajstić information content (AvgIpc) is 3.34. The van der Waals surface area contributed by atoms with Gasteiger partial charge in [-0.25, -0.2) is 0 Å². The molecule has 2 amide bonds. The van der Waals surface area contributed by atoms with Gasteiger partial charge in [0.1, 0.15) is 5.69 Å². The van der Waals surface area contributed by atoms with E-state index >= 15 is 0 Å². The molecule has 8 heteroatoms. The van der Waals surface area contributed by atoms with E-state index in [1.165, 1.54) is 6.08 Å². The fraction of sp³-hybridized carbons (Fsp3) is 0.172. The van der Waals surface area contributed by atoms with Crippen molar-refractivity contribution in [1.82, 2.24) is 25.4 Å². The summed E-state index contributed by atoms with van der Waals surface area (Å²) in [5.41, 5.74) is 5.63. The highest BCUT2D eigenvalue weighted by atomic mass is 16.2. The first-order chi connectivity index (χ1) is 18.1. The Morgan fingerprint density at radius 3 is 2.62 bits per heavy atom. The minimum atomic E-state index is -0.190. The summed E-state index contributed by atoms with van der Waals surface area (Å²) in [6.07, 6.45) is 8.76. The molecule has 0 bridgehead atoms. The molecule has 37 heavy (non-hydrogen) atoms. The first-order valence-corrected chi connectivity index (χ1v) is 12.2. The summed E-state index contributed by atoms with van der Waals surface area (Å²) in [6, 6.07) is 21.9. The highest BCUT2D eigenvalue weighted by molar-refractivity contribution is 5.92. The van der Waals surface area contributed by atoms with Crippen LogP contribution in [0.4, 0.5) is 5.69 Å². The molecule has 0 radical (unpaired) electrons. The number of carbonyl (C=O) groups excluding carboxylic acids is 2. The van der Waals surface area contributed by atoms with Crippen molar-refractivity contribution in [2.75, 3.05) is 24.5 Å². The smallest absolute Gasteiger partial charge is 0.244 e. The lowest BCUT2D eigenvalue weighted by Crippen LogP contribution is -2.47. The maximum atomic E-state index is 12.6. The lowest BCUT2D eigenvalue weighted by molar-refractivity contribution is -0.120. The van der Waals surface area contributed by atoms with Gasteiger partial charge in [-0.15, -0.1) is 0 Å². The molecule has 0 aliphatic carbocycles. The molecule has 2 aromatic carbocycles. The second-order valence-electron chi connectivity index (χ2n) is 8.85. The SMILES string of the molecule is O=C(/C=C/c1cn(Cc2ccccc2)nc1-c1cccnc1)NCc1ccc(N2CCNC(=O)C2)cc1. The van der Waals surface area contributed by atoms with Crippen LogP contribution in [0.3, 0.4) is 0 Å². The lowest BCUT2D eigenvalue weighted by atomic mass is 10.1. The van der Waals surface area contributed by atoms with Crippen LogP contribution < -0.4 is 15.5 Å². The molecule has 8 nitrogen and oxygen atoms in total. The van der Waals surface area contributed by atoms with Gasteiger partial charge in [0.2, 0.25) is 11.8 Å². The zero-order valence-corrected chi connectivity index (χ0v) is 20.4. The number of carbonyl (C=O) groups is 2. The predicted octanol–water partition coefficient (Wildman–Crippen LogP) is 3.26. The first kappa shape index (κ1) is 24.0. The molecule has 0 unspecified atom stereocenters. The van der Waals surface area contributed by atoms with Crippen molar-refractivity contribution in [3.8, 4) is 11.3 Å². The third kappa shape index (κ3) is 6.29. The van der Waals surface area contributed by atoms with Crippen LogP contribution in [-0.4, -0.2) is 46.2 Å². The van der Waals surface area contributed by atoms with Crippen molar-refractivity contribution in [2.24, 2.45) is 0 Å². The highest BCUT2D eigenvalue weighted by Crippen LogP contribution is 2.23. The van der Waals surface area contributed by atoms with Gasteiger partial charge in [-0.3, -0.25) is 19.3 Å². The number of nitrogens with one attached hydrogen (secondary N) is 2. The summed E-state index contributed by atoms with van der Waals surface area (Å²) < 4.78 is 1.88. The Morgan fingerprint density at radius 2 is 1.86 bits per heavy atom. The van der Waals surface area contributed by atoms with E-state index in [1.54, 1.807) is 18.5 Å². The molecule has 1 aliphatic heterocycles. The van der Waals surface area contributed by atoms with Crippen LogP contribution in [0.2, 0.25) is 0 Å². The van der Waals surface area contributed by atoms with E-state index in [0.29, 0.717) is 26.2 Å². The number of amides is 2. The Hall–Kier alpha value is -4.72. The largest absolute Gasteiger partial charge is 0.360 e. The number of piperazine rings is 1. The van der Waals surface area contributed by atoms with Crippen LogP contribution in [-0.2, 0) is 22.7 Å². The zero-order chi connectivity index (χ0) is 25.5. The number of pyridine rings is 1. The molecule has 186 valence electrons. The second-order valence-corrected chi connectivity index (χ2v) is 8.85. The molecule has 4 aromatic rings. The van der Waals surface area contributed by atoms with Gasteiger partial charge in [-0.1, -0.05) is 42.5 Å².